The van der Waals surface area contributed by atoms with Crippen molar-refractivity contribution >= 4 is 5.91 Å². The van der Waals surface area contributed by atoms with E-state index in [-0.39, 0.29) is 18.7 Å². The van der Waals surface area contributed by atoms with Gasteiger partial charge in [-0.3, -0.25) is 4.79 Å². The summed E-state index contributed by atoms with van der Waals surface area (Å²) in [5, 5.41) is 2.39. The summed E-state index contributed by atoms with van der Waals surface area (Å²) < 4.78 is 44.3. The second-order valence-electron chi connectivity index (χ2n) is 4.01. The lowest BCUT2D eigenvalue weighted by Gasteiger charge is -2.31. The Balaban J connectivity index is 2.34. The van der Waals surface area contributed by atoms with Gasteiger partial charge in [0.15, 0.2) is 6.10 Å². The van der Waals surface area contributed by atoms with Gasteiger partial charge in [0.1, 0.15) is 5.92 Å². The monoisotopic (exact) mass is 259 g/mol. The van der Waals surface area contributed by atoms with Crippen molar-refractivity contribution in [2.24, 2.45) is 0 Å². The van der Waals surface area contributed by atoms with Gasteiger partial charge in [0, 0.05) is 6.54 Å². The fourth-order valence-corrected chi connectivity index (χ4v) is 1.98. The number of benzene rings is 1. The van der Waals surface area contributed by atoms with Crippen LogP contribution in [0.1, 0.15) is 11.5 Å². The molecule has 1 aromatic rings. The molecule has 0 saturated carbocycles. The van der Waals surface area contributed by atoms with Gasteiger partial charge in [0.25, 0.3) is 0 Å². The number of morpholine rings is 1. The number of alkyl halides is 3. The van der Waals surface area contributed by atoms with Gasteiger partial charge in [-0.05, 0) is 5.56 Å². The van der Waals surface area contributed by atoms with E-state index in [9.17, 15) is 18.0 Å². The van der Waals surface area contributed by atoms with E-state index in [0.29, 0.717) is 0 Å². The predicted octanol–water partition coefficient (Wildman–Crippen LogP) is 1.85. The highest BCUT2D eigenvalue weighted by Crippen LogP contribution is 2.39. The number of halogens is 3. The molecule has 2 unspecified atom stereocenters. The highest BCUT2D eigenvalue weighted by Gasteiger charge is 2.49. The number of nitrogens with one attached hydrogen (secondary N) is 1. The summed E-state index contributed by atoms with van der Waals surface area (Å²) in [5.74, 6) is -2.65. The first-order valence-corrected chi connectivity index (χ1v) is 5.51. The van der Waals surface area contributed by atoms with Gasteiger partial charge in [-0.25, -0.2) is 0 Å². The van der Waals surface area contributed by atoms with E-state index in [1.54, 1.807) is 6.07 Å². The van der Waals surface area contributed by atoms with Crippen LogP contribution in [0.15, 0.2) is 30.3 Å². The molecule has 6 heteroatoms. The molecule has 1 fully saturated rings. The zero-order chi connectivity index (χ0) is 13.2. The van der Waals surface area contributed by atoms with Crippen molar-refractivity contribution in [2.75, 3.05) is 13.2 Å². The Hall–Kier alpha value is -1.56. The average Bonchev–Trinajstić information content (AvgIpc) is 2.32. The fraction of sp³-hybridized carbons (Fsp3) is 0.417. The van der Waals surface area contributed by atoms with Crippen LogP contribution in [-0.4, -0.2) is 31.3 Å². The normalized spacial score (nSPS) is 22.4. The Morgan fingerprint density at radius 2 is 1.94 bits per heavy atom. The van der Waals surface area contributed by atoms with Crippen LogP contribution in [0.4, 0.5) is 13.2 Å². The molecule has 1 aromatic carbocycles. The molecule has 1 N–H and O–H groups in total. The summed E-state index contributed by atoms with van der Waals surface area (Å²) in [6, 6.07) is 7.34. The average molecular weight is 259 g/mol. The fourth-order valence-electron chi connectivity index (χ4n) is 1.98. The van der Waals surface area contributed by atoms with E-state index < -0.39 is 24.1 Å². The molecule has 1 amide bonds. The van der Waals surface area contributed by atoms with Crippen LogP contribution in [0.3, 0.4) is 0 Å². The maximum absolute atomic E-state index is 13.1. The lowest BCUT2D eigenvalue weighted by molar-refractivity contribution is -0.188. The molecule has 1 aliphatic rings. The van der Waals surface area contributed by atoms with Crippen molar-refractivity contribution in [3.8, 4) is 0 Å². The molecule has 0 spiro atoms. The molecule has 3 nitrogen and oxygen atoms in total. The third-order valence-corrected chi connectivity index (χ3v) is 2.77. The van der Waals surface area contributed by atoms with E-state index in [1.807, 2.05) is 0 Å². The van der Waals surface area contributed by atoms with E-state index in [1.165, 1.54) is 24.3 Å². The van der Waals surface area contributed by atoms with Gasteiger partial charge in [0.05, 0.1) is 6.61 Å². The summed E-state index contributed by atoms with van der Waals surface area (Å²) in [6.07, 6.45) is -6.04. The third kappa shape index (κ3) is 2.64. The van der Waals surface area contributed by atoms with E-state index in [4.69, 9.17) is 4.74 Å². The van der Waals surface area contributed by atoms with Crippen LogP contribution in [0.25, 0.3) is 0 Å². The van der Waals surface area contributed by atoms with Gasteiger partial charge in [0.2, 0.25) is 5.91 Å². The van der Waals surface area contributed by atoms with Gasteiger partial charge < -0.3 is 10.1 Å². The highest BCUT2D eigenvalue weighted by molar-refractivity contribution is 5.82. The Kier molecular flexibility index (Phi) is 3.56. The summed E-state index contributed by atoms with van der Waals surface area (Å²) in [6.45, 7) is 0.338. The number of rotatable bonds is 2. The number of carbonyl (C=O) groups excluding carboxylic acids is 1. The number of hydrogen-bond donors (Lipinski definition) is 1. The topological polar surface area (TPSA) is 38.3 Å². The molecule has 0 radical (unpaired) electrons. The standard InChI is InChI=1S/C12H12F3NO2/c13-12(14,15)9(8-4-2-1-3-5-8)10-11(17)16-6-7-18-10/h1-5,9-10H,6-7H2,(H,16,17). The molecular weight excluding hydrogens is 247 g/mol. The van der Waals surface area contributed by atoms with Crippen LogP contribution in [0.2, 0.25) is 0 Å². The van der Waals surface area contributed by atoms with Gasteiger partial charge in [-0.15, -0.1) is 0 Å². The highest BCUT2D eigenvalue weighted by atomic mass is 19.4. The molecule has 1 saturated heterocycles. The molecule has 1 aliphatic heterocycles. The molecule has 98 valence electrons. The number of carbonyl (C=O) groups is 1. The summed E-state index contributed by atoms with van der Waals surface area (Å²) in [7, 11) is 0. The number of ether oxygens (including phenoxy) is 1. The SMILES string of the molecule is O=C1NCCOC1C(c1ccccc1)C(F)(F)F. The first-order valence-electron chi connectivity index (χ1n) is 5.51. The zero-order valence-electron chi connectivity index (χ0n) is 9.41. The number of hydrogen-bond acceptors (Lipinski definition) is 2. The van der Waals surface area contributed by atoms with E-state index in [0.717, 1.165) is 0 Å². The van der Waals surface area contributed by atoms with Crippen molar-refractivity contribution in [3.63, 3.8) is 0 Å². The molecule has 0 bridgehead atoms. The second-order valence-corrected chi connectivity index (χ2v) is 4.01. The predicted molar refractivity (Wildman–Crippen MR) is 58.0 cm³/mol. The smallest absolute Gasteiger partial charge is 0.366 e. The van der Waals surface area contributed by atoms with Crippen molar-refractivity contribution in [1.29, 1.82) is 0 Å². The molecule has 2 rings (SSSR count). The second kappa shape index (κ2) is 4.97. The van der Waals surface area contributed by atoms with Gasteiger partial charge in [-0.2, -0.15) is 13.2 Å². The molecule has 0 aliphatic carbocycles. The lowest BCUT2D eigenvalue weighted by Crippen LogP contribution is -2.50. The maximum atomic E-state index is 13.1. The van der Waals surface area contributed by atoms with Gasteiger partial charge >= 0.3 is 6.18 Å². The Morgan fingerprint density at radius 3 is 2.50 bits per heavy atom. The minimum absolute atomic E-state index is 0.0343. The van der Waals surface area contributed by atoms with Crippen LogP contribution in [0.5, 0.6) is 0 Å². The summed E-state index contributed by atoms with van der Waals surface area (Å²) in [4.78, 5) is 11.5. The lowest BCUT2D eigenvalue weighted by atomic mass is 9.91. The molecular formula is C12H12F3NO2. The van der Waals surface area contributed by atoms with E-state index in [2.05, 4.69) is 5.32 Å². The van der Waals surface area contributed by atoms with Crippen molar-refractivity contribution in [2.45, 2.75) is 18.2 Å². The van der Waals surface area contributed by atoms with Crippen LogP contribution in [-0.2, 0) is 9.53 Å². The van der Waals surface area contributed by atoms with Crippen LogP contribution < -0.4 is 5.32 Å². The van der Waals surface area contributed by atoms with Crippen molar-refractivity contribution in [3.05, 3.63) is 35.9 Å². The zero-order valence-corrected chi connectivity index (χ0v) is 9.41. The largest absolute Gasteiger partial charge is 0.398 e. The minimum atomic E-state index is -4.53. The Morgan fingerprint density at radius 1 is 1.28 bits per heavy atom. The minimum Gasteiger partial charge on any atom is -0.366 e. The van der Waals surface area contributed by atoms with Crippen molar-refractivity contribution < 1.29 is 22.7 Å². The molecule has 0 aromatic heterocycles. The quantitative estimate of drug-likeness (QED) is 0.880. The summed E-state index contributed by atoms with van der Waals surface area (Å²) >= 11 is 0. The Bertz CT molecular complexity index is 419. The Labute approximate surface area is 102 Å². The van der Waals surface area contributed by atoms with Crippen LogP contribution >= 0.6 is 0 Å². The first kappa shape index (κ1) is 12.9. The first-order chi connectivity index (χ1) is 8.50. The van der Waals surface area contributed by atoms with E-state index >= 15 is 0 Å². The van der Waals surface area contributed by atoms with Gasteiger partial charge in [-0.1, -0.05) is 30.3 Å². The number of amides is 1. The molecule has 18 heavy (non-hydrogen) atoms. The maximum Gasteiger partial charge on any atom is 0.398 e. The molecule has 1 heterocycles. The molecule has 2 atom stereocenters. The van der Waals surface area contributed by atoms with Crippen LogP contribution in [0, 0.1) is 0 Å². The third-order valence-electron chi connectivity index (χ3n) is 2.77. The summed E-state index contributed by atoms with van der Waals surface area (Å²) in [5.41, 5.74) is 0.0343. The van der Waals surface area contributed by atoms with Crippen molar-refractivity contribution in [1.82, 2.24) is 5.32 Å².